The predicted octanol–water partition coefficient (Wildman–Crippen LogP) is 3.75. The standard InChI is InChI=1S/C13H11BrFNO/c14-12-7-10(15)4-5-13(12)17-8-9-2-1-3-11(16)6-9/h1-7H,8,16H2. The zero-order chi connectivity index (χ0) is 12.3. The van der Waals surface area contributed by atoms with Crippen molar-refractivity contribution < 1.29 is 9.13 Å². The van der Waals surface area contributed by atoms with Crippen LogP contribution < -0.4 is 10.5 Å². The lowest BCUT2D eigenvalue weighted by Crippen LogP contribution is -1.97. The fraction of sp³-hybridized carbons (Fsp3) is 0.0769. The number of hydrogen-bond acceptors (Lipinski definition) is 2. The van der Waals surface area contributed by atoms with Crippen LogP contribution in [0.5, 0.6) is 5.75 Å². The maximum absolute atomic E-state index is 12.9. The quantitative estimate of drug-likeness (QED) is 0.875. The summed E-state index contributed by atoms with van der Waals surface area (Å²) < 4.78 is 19.0. The van der Waals surface area contributed by atoms with Crippen LogP contribution in [0.1, 0.15) is 5.56 Å². The molecular weight excluding hydrogens is 285 g/mol. The molecule has 0 fully saturated rings. The molecular formula is C13H11BrFNO. The predicted molar refractivity (Wildman–Crippen MR) is 69.3 cm³/mol. The second-order valence-corrected chi connectivity index (χ2v) is 4.46. The molecule has 0 atom stereocenters. The Kier molecular flexibility index (Phi) is 3.64. The van der Waals surface area contributed by atoms with E-state index in [2.05, 4.69) is 15.9 Å². The first-order valence-electron chi connectivity index (χ1n) is 5.07. The third kappa shape index (κ3) is 3.20. The number of anilines is 1. The fourth-order valence-corrected chi connectivity index (χ4v) is 1.90. The van der Waals surface area contributed by atoms with Crippen molar-refractivity contribution in [3.8, 4) is 5.75 Å². The van der Waals surface area contributed by atoms with Crippen molar-refractivity contribution in [2.24, 2.45) is 0 Å². The summed E-state index contributed by atoms with van der Waals surface area (Å²) in [6.45, 7) is 0.398. The van der Waals surface area contributed by atoms with Gasteiger partial charge >= 0.3 is 0 Å². The molecule has 0 spiro atoms. The Morgan fingerprint density at radius 2 is 2.00 bits per heavy atom. The van der Waals surface area contributed by atoms with E-state index >= 15 is 0 Å². The van der Waals surface area contributed by atoms with Gasteiger partial charge in [0.05, 0.1) is 4.47 Å². The first kappa shape index (κ1) is 11.9. The number of nitrogens with two attached hydrogens (primary N) is 1. The molecule has 88 valence electrons. The van der Waals surface area contributed by atoms with Crippen LogP contribution in [0.3, 0.4) is 0 Å². The van der Waals surface area contributed by atoms with E-state index in [-0.39, 0.29) is 5.82 Å². The van der Waals surface area contributed by atoms with Crippen LogP contribution in [0.25, 0.3) is 0 Å². The summed E-state index contributed by atoms with van der Waals surface area (Å²) in [6, 6.07) is 11.8. The van der Waals surface area contributed by atoms with Gasteiger partial charge in [-0.3, -0.25) is 0 Å². The van der Waals surface area contributed by atoms with E-state index in [1.54, 1.807) is 6.07 Å². The van der Waals surface area contributed by atoms with Gasteiger partial charge in [0.1, 0.15) is 18.2 Å². The number of hydrogen-bond donors (Lipinski definition) is 1. The highest BCUT2D eigenvalue weighted by molar-refractivity contribution is 9.10. The minimum Gasteiger partial charge on any atom is -0.488 e. The van der Waals surface area contributed by atoms with Gasteiger partial charge < -0.3 is 10.5 Å². The zero-order valence-electron chi connectivity index (χ0n) is 8.99. The van der Waals surface area contributed by atoms with Gasteiger partial charge in [-0.2, -0.15) is 0 Å². The zero-order valence-corrected chi connectivity index (χ0v) is 10.6. The highest BCUT2D eigenvalue weighted by Crippen LogP contribution is 2.26. The molecule has 0 aromatic heterocycles. The lowest BCUT2D eigenvalue weighted by molar-refractivity contribution is 0.304. The molecule has 0 bridgehead atoms. The maximum Gasteiger partial charge on any atom is 0.134 e. The second-order valence-electron chi connectivity index (χ2n) is 3.61. The van der Waals surface area contributed by atoms with Crippen LogP contribution in [-0.2, 0) is 6.61 Å². The van der Waals surface area contributed by atoms with E-state index in [1.165, 1.54) is 12.1 Å². The van der Waals surface area contributed by atoms with Crippen molar-refractivity contribution >= 4 is 21.6 Å². The van der Waals surface area contributed by atoms with Crippen LogP contribution >= 0.6 is 15.9 Å². The first-order chi connectivity index (χ1) is 8.15. The van der Waals surface area contributed by atoms with E-state index < -0.39 is 0 Å². The Morgan fingerprint density at radius 3 is 2.71 bits per heavy atom. The molecule has 2 nitrogen and oxygen atoms in total. The van der Waals surface area contributed by atoms with Gasteiger partial charge in [0.15, 0.2) is 0 Å². The monoisotopic (exact) mass is 295 g/mol. The van der Waals surface area contributed by atoms with Crippen LogP contribution in [-0.4, -0.2) is 0 Å². The minimum atomic E-state index is -0.298. The van der Waals surface area contributed by atoms with Crippen LogP contribution in [0.2, 0.25) is 0 Å². The third-order valence-electron chi connectivity index (χ3n) is 2.24. The second kappa shape index (κ2) is 5.19. The van der Waals surface area contributed by atoms with Crippen molar-refractivity contribution in [2.75, 3.05) is 5.73 Å². The largest absolute Gasteiger partial charge is 0.488 e. The molecule has 2 rings (SSSR count). The van der Waals surface area contributed by atoms with Crippen LogP contribution in [0, 0.1) is 5.82 Å². The lowest BCUT2D eigenvalue weighted by Gasteiger charge is -2.08. The van der Waals surface area contributed by atoms with Gasteiger partial charge in [-0.1, -0.05) is 12.1 Å². The third-order valence-corrected chi connectivity index (χ3v) is 2.86. The number of ether oxygens (including phenoxy) is 1. The smallest absolute Gasteiger partial charge is 0.134 e. The average Bonchev–Trinajstić information content (AvgIpc) is 2.28. The fourth-order valence-electron chi connectivity index (χ4n) is 1.44. The molecule has 0 unspecified atom stereocenters. The summed E-state index contributed by atoms with van der Waals surface area (Å²) in [6.07, 6.45) is 0. The highest BCUT2D eigenvalue weighted by Gasteiger charge is 2.03. The van der Waals surface area contributed by atoms with Crippen LogP contribution in [0.15, 0.2) is 46.9 Å². The van der Waals surface area contributed by atoms with E-state index in [1.807, 2.05) is 24.3 Å². The minimum absolute atomic E-state index is 0.298. The molecule has 0 radical (unpaired) electrons. The molecule has 0 saturated carbocycles. The SMILES string of the molecule is Nc1cccc(COc2ccc(F)cc2Br)c1. The van der Waals surface area contributed by atoms with Gasteiger partial charge in [-0.25, -0.2) is 4.39 Å². The van der Waals surface area contributed by atoms with Crippen molar-refractivity contribution in [3.05, 3.63) is 58.3 Å². The van der Waals surface area contributed by atoms with Gasteiger partial charge in [0.2, 0.25) is 0 Å². The summed E-state index contributed by atoms with van der Waals surface area (Å²) in [5.41, 5.74) is 7.33. The van der Waals surface area contributed by atoms with Crippen LogP contribution in [0.4, 0.5) is 10.1 Å². The van der Waals surface area contributed by atoms with Gasteiger partial charge in [-0.05, 0) is 51.8 Å². The normalized spacial score (nSPS) is 10.2. The van der Waals surface area contributed by atoms with E-state index in [0.717, 1.165) is 5.56 Å². The Bertz CT molecular complexity index is 531. The molecule has 2 aromatic carbocycles. The summed E-state index contributed by atoms with van der Waals surface area (Å²) in [4.78, 5) is 0. The van der Waals surface area contributed by atoms with Gasteiger partial charge in [0, 0.05) is 5.69 Å². The van der Waals surface area contributed by atoms with Crippen molar-refractivity contribution in [1.29, 1.82) is 0 Å². The summed E-state index contributed by atoms with van der Waals surface area (Å²) in [7, 11) is 0. The number of halogens is 2. The van der Waals surface area contributed by atoms with Gasteiger partial charge in [-0.15, -0.1) is 0 Å². The average molecular weight is 296 g/mol. The van der Waals surface area contributed by atoms with Gasteiger partial charge in [0.25, 0.3) is 0 Å². The number of benzene rings is 2. The van der Waals surface area contributed by atoms with E-state index in [0.29, 0.717) is 22.5 Å². The highest BCUT2D eigenvalue weighted by atomic mass is 79.9. The lowest BCUT2D eigenvalue weighted by atomic mass is 10.2. The summed E-state index contributed by atoms with van der Waals surface area (Å²) >= 11 is 3.25. The van der Waals surface area contributed by atoms with Crippen molar-refractivity contribution in [2.45, 2.75) is 6.61 Å². The molecule has 0 saturated heterocycles. The number of nitrogen functional groups attached to an aromatic ring is 1. The molecule has 17 heavy (non-hydrogen) atoms. The van der Waals surface area contributed by atoms with Crippen molar-refractivity contribution in [1.82, 2.24) is 0 Å². The Balaban J connectivity index is 2.07. The Morgan fingerprint density at radius 1 is 1.18 bits per heavy atom. The Labute approximate surface area is 107 Å². The molecule has 4 heteroatoms. The molecule has 0 amide bonds. The Hall–Kier alpha value is -1.55. The molecule has 0 heterocycles. The molecule has 2 N–H and O–H groups in total. The van der Waals surface area contributed by atoms with Crippen molar-refractivity contribution in [3.63, 3.8) is 0 Å². The number of rotatable bonds is 3. The summed E-state index contributed by atoms with van der Waals surface area (Å²) in [5.74, 6) is 0.307. The molecule has 0 aliphatic rings. The molecule has 0 aliphatic heterocycles. The maximum atomic E-state index is 12.9. The first-order valence-corrected chi connectivity index (χ1v) is 5.87. The van der Waals surface area contributed by atoms with E-state index in [9.17, 15) is 4.39 Å². The molecule has 2 aromatic rings. The van der Waals surface area contributed by atoms with E-state index in [4.69, 9.17) is 10.5 Å². The summed E-state index contributed by atoms with van der Waals surface area (Å²) in [5, 5.41) is 0. The topological polar surface area (TPSA) is 35.2 Å². The molecule has 0 aliphatic carbocycles.